The zero-order valence-corrected chi connectivity index (χ0v) is 14.2. The number of piperidine rings is 1. The third-order valence-electron chi connectivity index (χ3n) is 4.42. The van der Waals surface area contributed by atoms with Crippen molar-refractivity contribution in [3.05, 3.63) is 60.9 Å². The lowest BCUT2D eigenvalue weighted by Crippen LogP contribution is -2.48. The van der Waals surface area contributed by atoms with Crippen LogP contribution in [0.4, 0.5) is 5.95 Å². The lowest BCUT2D eigenvalue weighted by atomic mass is 10.1. The smallest absolute Gasteiger partial charge is 0.251 e. The van der Waals surface area contributed by atoms with E-state index in [1.807, 2.05) is 24.3 Å². The second-order valence-electron chi connectivity index (χ2n) is 6.23. The number of nitrogens with zero attached hydrogens (tertiary/aromatic N) is 6. The molecule has 8 nitrogen and oxygen atoms in total. The molecule has 8 heteroatoms. The average Bonchev–Trinajstić information content (AvgIpc) is 3.24. The summed E-state index contributed by atoms with van der Waals surface area (Å²) >= 11 is 0. The fourth-order valence-electron chi connectivity index (χ4n) is 3.14. The molecule has 1 saturated heterocycles. The van der Waals surface area contributed by atoms with Crippen LogP contribution in [0.3, 0.4) is 0 Å². The molecular formula is C18H19N7O. The zero-order chi connectivity index (χ0) is 17.8. The summed E-state index contributed by atoms with van der Waals surface area (Å²) in [5.41, 5.74) is 1.47. The monoisotopic (exact) mass is 349 g/mol. The molecule has 2 aromatic heterocycles. The molecule has 1 aliphatic rings. The highest BCUT2D eigenvalue weighted by atomic mass is 16.1. The molecular weight excluding hydrogens is 330 g/mol. The van der Waals surface area contributed by atoms with E-state index in [-0.39, 0.29) is 11.9 Å². The number of benzene rings is 1. The summed E-state index contributed by atoms with van der Waals surface area (Å²) in [6.07, 6.45) is 8.62. The van der Waals surface area contributed by atoms with Crippen LogP contribution in [0.15, 0.2) is 55.4 Å². The van der Waals surface area contributed by atoms with Gasteiger partial charge in [-0.05, 0) is 37.1 Å². The van der Waals surface area contributed by atoms with E-state index in [2.05, 4.69) is 30.4 Å². The number of carbonyl (C=O) groups is 1. The molecule has 0 saturated carbocycles. The fraction of sp³-hybridized carbons (Fsp3) is 0.278. The van der Waals surface area contributed by atoms with E-state index in [1.165, 1.54) is 0 Å². The Morgan fingerprint density at radius 2 is 1.92 bits per heavy atom. The van der Waals surface area contributed by atoms with E-state index in [0.29, 0.717) is 18.1 Å². The normalized spacial score (nSPS) is 17.1. The van der Waals surface area contributed by atoms with Crippen LogP contribution in [0.2, 0.25) is 0 Å². The summed E-state index contributed by atoms with van der Waals surface area (Å²) in [4.78, 5) is 23.4. The van der Waals surface area contributed by atoms with E-state index in [4.69, 9.17) is 0 Å². The summed E-state index contributed by atoms with van der Waals surface area (Å²) < 4.78 is 1.77. The fourth-order valence-corrected chi connectivity index (χ4v) is 3.14. The minimum Gasteiger partial charge on any atom is -0.348 e. The predicted molar refractivity (Wildman–Crippen MR) is 96.1 cm³/mol. The number of hydrogen-bond donors (Lipinski definition) is 1. The summed E-state index contributed by atoms with van der Waals surface area (Å²) in [6, 6.07) is 9.28. The minimum atomic E-state index is -0.0826. The van der Waals surface area contributed by atoms with Crippen molar-refractivity contribution in [1.29, 1.82) is 0 Å². The van der Waals surface area contributed by atoms with Crippen LogP contribution in [0.1, 0.15) is 23.2 Å². The van der Waals surface area contributed by atoms with Gasteiger partial charge in [-0.15, -0.1) is 10.2 Å². The Morgan fingerprint density at radius 3 is 2.73 bits per heavy atom. The van der Waals surface area contributed by atoms with Gasteiger partial charge in [-0.25, -0.2) is 9.97 Å². The molecule has 0 radical (unpaired) electrons. The maximum absolute atomic E-state index is 12.7. The first kappa shape index (κ1) is 16.2. The van der Waals surface area contributed by atoms with Crippen molar-refractivity contribution in [2.24, 2.45) is 0 Å². The van der Waals surface area contributed by atoms with Crippen molar-refractivity contribution in [3.63, 3.8) is 0 Å². The van der Waals surface area contributed by atoms with Crippen molar-refractivity contribution < 1.29 is 4.79 Å². The van der Waals surface area contributed by atoms with E-state index < -0.39 is 0 Å². The van der Waals surface area contributed by atoms with E-state index in [1.54, 1.807) is 35.7 Å². The summed E-state index contributed by atoms with van der Waals surface area (Å²) in [6.45, 7) is 1.61. The van der Waals surface area contributed by atoms with E-state index in [9.17, 15) is 4.79 Å². The number of nitrogens with one attached hydrogen (secondary N) is 1. The average molecular weight is 349 g/mol. The van der Waals surface area contributed by atoms with Gasteiger partial charge in [0.25, 0.3) is 5.91 Å². The van der Waals surface area contributed by atoms with Gasteiger partial charge in [-0.2, -0.15) is 0 Å². The van der Waals surface area contributed by atoms with Gasteiger partial charge in [0.2, 0.25) is 5.95 Å². The number of rotatable bonds is 4. The van der Waals surface area contributed by atoms with Crippen LogP contribution in [0.5, 0.6) is 0 Å². The molecule has 1 amide bonds. The van der Waals surface area contributed by atoms with Crippen LogP contribution in [0.25, 0.3) is 5.69 Å². The molecule has 3 aromatic rings. The van der Waals surface area contributed by atoms with Gasteiger partial charge in [-0.1, -0.05) is 6.07 Å². The van der Waals surface area contributed by atoms with Crippen LogP contribution in [0, 0.1) is 0 Å². The molecule has 0 unspecified atom stereocenters. The summed E-state index contributed by atoms with van der Waals surface area (Å²) in [5, 5.41) is 10.7. The lowest BCUT2D eigenvalue weighted by molar-refractivity contribution is 0.0933. The Hall–Kier alpha value is -3.29. The number of anilines is 1. The van der Waals surface area contributed by atoms with Gasteiger partial charge in [-0.3, -0.25) is 9.36 Å². The first-order valence-corrected chi connectivity index (χ1v) is 8.57. The Balaban J connectivity index is 1.44. The molecule has 1 fully saturated rings. The Bertz CT molecular complexity index is 866. The van der Waals surface area contributed by atoms with Gasteiger partial charge in [0.1, 0.15) is 12.7 Å². The van der Waals surface area contributed by atoms with Crippen LogP contribution in [-0.2, 0) is 0 Å². The maximum Gasteiger partial charge on any atom is 0.251 e. The summed E-state index contributed by atoms with van der Waals surface area (Å²) in [7, 11) is 0. The molecule has 1 atom stereocenters. The minimum absolute atomic E-state index is 0.0682. The first-order valence-electron chi connectivity index (χ1n) is 8.57. The third kappa shape index (κ3) is 3.53. The number of carbonyl (C=O) groups excluding carboxylic acids is 1. The second-order valence-corrected chi connectivity index (χ2v) is 6.23. The van der Waals surface area contributed by atoms with E-state index in [0.717, 1.165) is 25.1 Å². The van der Waals surface area contributed by atoms with Gasteiger partial charge in [0.15, 0.2) is 0 Å². The van der Waals surface area contributed by atoms with E-state index >= 15 is 0 Å². The first-order chi connectivity index (χ1) is 12.8. The van der Waals surface area contributed by atoms with Crippen molar-refractivity contribution in [2.45, 2.75) is 18.9 Å². The number of hydrogen-bond acceptors (Lipinski definition) is 6. The molecule has 3 heterocycles. The Labute approximate surface area is 150 Å². The van der Waals surface area contributed by atoms with Gasteiger partial charge < -0.3 is 10.2 Å². The molecule has 0 spiro atoms. The maximum atomic E-state index is 12.7. The Morgan fingerprint density at radius 1 is 1.12 bits per heavy atom. The SMILES string of the molecule is O=C(N[C@@H]1CCCN(c2ncccn2)C1)c1cccc(-n2cnnc2)c1. The third-order valence-corrected chi connectivity index (χ3v) is 4.42. The van der Waals surface area contributed by atoms with Crippen LogP contribution >= 0.6 is 0 Å². The Kier molecular flexibility index (Phi) is 4.55. The largest absolute Gasteiger partial charge is 0.348 e. The molecule has 26 heavy (non-hydrogen) atoms. The molecule has 0 aliphatic carbocycles. The molecule has 0 bridgehead atoms. The molecule has 1 N–H and O–H groups in total. The second kappa shape index (κ2) is 7.30. The highest BCUT2D eigenvalue weighted by Crippen LogP contribution is 2.16. The van der Waals surface area contributed by atoms with Crippen LogP contribution < -0.4 is 10.2 Å². The molecule has 1 aliphatic heterocycles. The number of amides is 1. The standard InChI is InChI=1S/C18H19N7O/c26-17(14-4-1-6-16(10-14)25-12-21-22-13-25)23-15-5-2-9-24(11-15)18-19-7-3-8-20-18/h1,3-4,6-8,10,12-13,15H,2,5,9,11H2,(H,23,26)/t15-/m1/s1. The van der Waals surface area contributed by atoms with Crippen LogP contribution in [-0.4, -0.2) is 49.8 Å². The van der Waals surface area contributed by atoms with Gasteiger partial charge in [0.05, 0.1) is 0 Å². The van der Waals surface area contributed by atoms with Crippen molar-refractivity contribution >= 4 is 11.9 Å². The van der Waals surface area contributed by atoms with Crippen molar-refractivity contribution in [2.75, 3.05) is 18.0 Å². The van der Waals surface area contributed by atoms with Gasteiger partial charge in [0, 0.05) is 42.8 Å². The molecule has 4 rings (SSSR count). The zero-order valence-electron chi connectivity index (χ0n) is 14.2. The molecule has 132 valence electrons. The summed E-state index contributed by atoms with van der Waals surface area (Å²) in [5.74, 6) is 0.627. The highest BCUT2D eigenvalue weighted by molar-refractivity contribution is 5.95. The lowest BCUT2D eigenvalue weighted by Gasteiger charge is -2.33. The van der Waals surface area contributed by atoms with Gasteiger partial charge >= 0.3 is 0 Å². The molecule has 1 aromatic carbocycles. The number of aromatic nitrogens is 5. The quantitative estimate of drug-likeness (QED) is 0.767. The van der Waals surface area contributed by atoms with Crippen molar-refractivity contribution in [3.8, 4) is 5.69 Å². The topological polar surface area (TPSA) is 88.8 Å². The van der Waals surface area contributed by atoms with Crippen molar-refractivity contribution in [1.82, 2.24) is 30.0 Å². The highest BCUT2D eigenvalue weighted by Gasteiger charge is 2.23. The predicted octanol–water partition coefficient (Wildman–Crippen LogP) is 1.46.